The number of nitrogens with zero attached hydrogens (tertiary/aromatic N) is 2. The Morgan fingerprint density at radius 1 is 1.44 bits per heavy atom. The minimum atomic E-state index is -2.64. The van der Waals surface area contributed by atoms with Crippen molar-refractivity contribution in [1.82, 2.24) is 9.88 Å². The molecule has 0 atom stereocenters. The number of piperidine rings is 1. The van der Waals surface area contributed by atoms with Crippen LogP contribution in [-0.4, -0.2) is 34.8 Å². The number of amides is 1. The van der Waals surface area contributed by atoms with Gasteiger partial charge in [-0.15, -0.1) is 0 Å². The summed E-state index contributed by atoms with van der Waals surface area (Å²) in [6.07, 6.45) is 1.08. The zero-order chi connectivity index (χ0) is 13.3. The first kappa shape index (κ1) is 13.4. The molecule has 1 amide bonds. The van der Waals surface area contributed by atoms with Crippen molar-refractivity contribution in [3.8, 4) is 0 Å². The van der Waals surface area contributed by atoms with Gasteiger partial charge in [-0.1, -0.05) is 0 Å². The maximum absolute atomic E-state index is 13.0. The maximum atomic E-state index is 13.0. The van der Waals surface area contributed by atoms with Crippen molar-refractivity contribution in [3.63, 3.8) is 0 Å². The second-order valence-electron chi connectivity index (χ2n) is 4.43. The number of alkyl halides is 2. The lowest BCUT2D eigenvalue weighted by Gasteiger charge is -2.32. The molecule has 1 aromatic rings. The van der Waals surface area contributed by atoms with Crippen LogP contribution in [0, 0.1) is 6.92 Å². The van der Waals surface area contributed by atoms with Crippen LogP contribution in [0.5, 0.6) is 0 Å². The van der Waals surface area contributed by atoms with Crippen LogP contribution in [0.25, 0.3) is 0 Å². The third-order valence-electron chi connectivity index (χ3n) is 3.07. The van der Waals surface area contributed by atoms with E-state index >= 15 is 0 Å². The number of carbonyl (C=O) groups is 1. The first-order chi connectivity index (χ1) is 8.39. The van der Waals surface area contributed by atoms with Gasteiger partial charge in [-0.3, -0.25) is 9.78 Å². The lowest BCUT2D eigenvalue weighted by atomic mass is 10.1. The van der Waals surface area contributed by atoms with Crippen LogP contribution >= 0.6 is 15.9 Å². The van der Waals surface area contributed by atoms with Gasteiger partial charge in [-0.05, 0) is 28.9 Å². The quantitative estimate of drug-likeness (QED) is 0.797. The van der Waals surface area contributed by atoms with E-state index in [-0.39, 0.29) is 31.8 Å². The molecule has 0 aromatic carbocycles. The summed E-state index contributed by atoms with van der Waals surface area (Å²) in [5.74, 6) is -2.86. The van der Waals surface area contributed by atoms with Crippen molar-refractivity contribution in [2.45, 2.75) is 25.7 Å². The Hall–Kier alpha value is -1.04. The highest BCUT2D eigenvalue weighted by Gasteiger charge is 2.36. The van der Waals surface area contributed by atoms with Gasteiger partial charge in [-0.25, -0.2) is 8.78 Å². The van der Waals surface area contributed by atoms with Crippen LogP contribution < -0.4 is 0 Å². The first-order valence-electron chi connectivity index (χ1n) is 5.68. The highest BCUT2D eigenvalue weighted by molar-refractivity contribution is 9.10. The van der Waals surface area contributed by atoms with Crippen molar-refractivity contribution >= 4 is 21.8 Å². The normalized spacial score (nSPS) is 18.8. The number of pyridine rings is 1. The number of carbonyl (C=O) groups excluding carboxylic acids is 1. The van der Waals surface area contributed by atoms with Gasteiger partial charge in [0.15, 0.2) is 0 Å². The van der Waals surface area contributed by atoms with Crippen LogP contribution in [-0.2, 0) is 0 Å². The van der Waals surface area contributed by atoms with E-state index in [0.29, 0.717) is 15.7 Å². The largest absolute Gasteiger partial charge is 0.338 e. The maximum Gasteiger partial charge on any atom is 0.255 e. The van der Waals surface area contributed by atoms with Crippen molar-refractivity contribution in [1.29, 1.82) is 0 Å². The van der Waals surface area contributed by atoms with Gasteiger partial charge in [0.2, 0.25) is 0 Å². The summed E-state index contributed by atoms with van der Waals surface area (Å²) >= 11 is 3.25. The Bertz CT molecular complexity index is 469. The van der Waals surface area contributed by atoms with Gasteiger partial charge >= 0.3 is 0 Å². The molecule has 0 unspecified atom stereocenters. The van der Waals surface area contributed by atoms with Gasteiger partial charge in [0.05, 0.1) is 11.3 Å². The smallest absolute Gasteiger partial charge is 0.255 e. The topological polar surface area (TPSA) is 33.2 Å². The fourth-order valence-corrected chi connectivity index (χ4v) is 2.26. The Kier molecular flexibility index (Phi) is 3.66. The number of aryl methyl sites for hydroxylation is 1. The predicted octanol–water partition coefficient (Wildman–Crippen LogP) is 3.02. The fraction of sp³-hybridized carbons (Fsp3) is 0.500. The van der Waals surface area contributed by atoms with E-state index in [1.165, 1.54) is 4.90 Å². The summed E-state index contributed by atoms with van der Waals surface area (Å²) < 4.78 is 26.8. The molecule has 0 saturated carbocycles. The number of hydrogen-bond acceptors (Lipinski definition) is 2. The Labute approximate surface area is 112 Å². The summed E-state index contributed by atoms with van der Waals surface area (Å²) in [5, 5.41) is 0. The highest BCUT2D eigenvalue weighted by Crippen LogP contribution is 2.28. The van der Waals surface area contributed by atoms with E-state index in [1.807, 2.05) is 0 Å². The molecular formula is C12H13BrF2N2O. The monoisotopic (exact) mass is 318 g/mol. The van der Waals surface area contributed by atoms with Crippen molar-refractivity contribution in [2.24, 2.45) is 0 Å². The second kappa shape index (κ2) is 4.91. The predicted molar refractivity (Wildman–Crippen MR) is 66.8 cm³/mol. The number of rotatable bonds is 1. The Balaban J connectivity index is 2.15. The molecular weight excluding hydrogens is 306 g/mol. The van der Waals surface area contributed by atoms with Crippen LogP contribution in [0.1, 0.15) is 28.9 Å². The summed E-state index contributed by atoms with van der Waals surface area (Å²) in [4.78, 5) is 17.8. The molecule has 98 valence electrons. The molecule has 6 heteroatoms. The minimum Gasteiger partial charge on any atom is -0.338 e. The first-order valence-corrected chi connectivity index (χ1v) is 6.48. The molecule has 0 aliphatic carbocycles. The molecule has 1 saturated heterocycles. The molecule has 0 bridgehead atoms. The van der Waals surface area contributed by atoms with E-state index < -0.39 is 5.92 Å². The lowest BCUT2D eigenvalue weighted by Crippen LogP contribution is -2.43. The molecule has 18 heavy (non-hydrogen) atoms. The lowest BCUT2D eigenvalue weighted by molar-refractivity contribution is -0.0494. The van der Waals surface area contributed by atoms with E-state index in [1.54, 1.807) is 19.2 Å². The average molecular weight is 319 g/mol. The molecule has 0 N–H and O–H groups in total. The number of aromatic nitrogens is 1. The summed E-state index contributed by atoms with van der Waals surface area (Å²) in [5.41, 5.74) is 1.08. The second-order valence-corrected chi connectivity index (χ2v) is 5.35. The summed E-state index contributed by atoms with van der Waals surface area (Å²) in [6, 6.07) is 1.68. The van der Waals surface area contributed by atoms with E-state index in [2.05, 4.69) is 20.9 Å². The molecule has 1 fully saturated rings. The molecule has 1 aliphatic heterocycles. The summed E-state index contributed by atoms with van der Waals surface area (Å²) in [7, 11) is 0. The molecule has 2 heterocycles. The number of likely N-dealkylation sites (tertiary alicyclic amines) is 1. The van der Waals surface area contributed by atoms with Gasteiger partial charge in [-0.2, -0.15) is 0 Å². The van der Waals surface area contributed by atoms with Gasteiger partial charge in [0.1, 0.15) is 0 Å². The van der Waals surface area contributed by atoms with Crippen LogP contribution in [0.2, 0.25) is 0 Å². The number of halogens is 3. The minimum absolute atomic E-state index is 0.0950. The molecule has 2 rings (SSSR count). The Morgan fingerprint density at radius 3 is 2.67 bits per heavy atom. The third kappa shape index (κ3) is 2.85. The molecule has 0 spiro atoms. The zero-order valence-corrected chi connectivity index (χ0v) is 11.5. The number of hydrogen-bond donors (Lipinski definition) is 0. The van der Waals surface area contributed by atoms with Gasteiger partial charge in [0.25, 0.3) is 11.8 Å². The van der Waals surface area contributed by atoms with Crippen molar-refractivity contribution in [3.05, 3.63) is 28.0 Å². The highest BCUT2D eigenvalue weighted by atomic mass is 79.9. The van der Waals surface area contributed by atoms with E-state index in [4.69, 9.17) is 0 Å². The SMILES string of the molecule is Cc1ncc(Br)cc1C(=O)N1CCC(F)(F)CC1. The van der Waals surface area contributed by atoms with Crippen molar-refractivity contribution < 1.29 is 13.6 Å². The van der Waals surface area contributed by atoms with E-state index in [0.717, 1.165) is 0 Å². The molecule has 0 radical (unpaired) electrons. The van der Waals surface area contributed by atoms with Crippen LogP contribution in [0.3, 0.4) is 0 Å². The zero-order valence-electron chi connectivity index (χ0n) is 9.92. The van der Waals surface area contributed by atoms with Crippen LogP contribution in [0.15, 0.2) is 16.7 Å². The van der Waals surface area contributed by atoms with Gasteiger partial charge in [0, 0.05) is 36.6 Å². The average Bonchev–Trinajstić information content (AvgIpc) is 2.31. The molecule has 1 aliphatic rings. The van der Waals surface area contributed by atoms with Crippen molar-refractivity contribution in [2.75, 3.05) is 13.1 Å². The van der Waals surface area contributed by atoms with E-state index in [9.17, 15) is 13.6 Å². The fourth-order valence-electron chi connectivity index (χ4n) is 1.93. The molecule has 1 aromatic heterocycles. The summed E-state index contributed by atoms with van der Waals surface area (Å²) in [6.45, 7) is 1.92. The third-order valence-corrected chi connectivity index (χ3v) is 3.50. The Morgan fingerprint density at radius 2 is 2.06 bits per heavy atom. The van der Waals surface area contributed by atoms with Gasteiger partial charge < -0.3 is 4.90 Å². The van der Waals surface area contributed by atoms with Crippen LogP contribution in [0.4, 0.5) is 8.78 Å². The standard InChI is InChI=1S/C12H13BrF2N2O/c1-8-10(6-9(13)7-16-8)11(18)17-4-2-12(14,15)3-5-17/h6-7H,2-5H2,1H3. The molecule has 3 nitrogen and oxygen atoms in total.